The van der Waals surface area contributed by atoms with Gasteiger partial charge in [-0.15, -0.1) is 5.10 Å². The Hall–Kier alpha value is -3.06. The maximum atomic E-state index is 12.5. The maximum Gasteiger partial charge on any atom is 0.277 e. The van der Waals surface area contributed by atoms with Crippen LogP contribution in [-0.2, 0) is 0 Å². The first-order valence-corrected chi connectivity index (χ1v) is 8.38. The number of fused-ring (bicyclic) bond motifs is 1. The summed E-state index contributed by atoms with van der Waals surface area (Å²) in [5.74, 6) is 0.687. The van der Waals surface area contributed by atoms with E-state index in [-0.39, 0.29) is 5.69 Å². The van der Waals surface area contributed by atoms with E-state index in [1.165, 1.54) is 0 Å². The van der Waals surface area contributed by atoms with Gasteiger partial charge in [0, 0.05) is 12.1 Å². The Bertz CT molecular complexity index is 986. The van der Waals surface area contributed by atoms with Crippen LogP contribution in [0.15, 0.2) is 42.6 Å². The van der Waals surface area contributed by atoms with E-state index < -0.39 is 5.91 Å². The number of rotatable bonds is 3. The third kappa shape index (κ3) is 3.21. The van der Waals surface area contributed by atoms with Crippen molar-refractivity contribution in [2.24, 2.45) is 0 Å². The van der Waals surface area contributed by atoms with Crippen molar-refractivity contribution in [3.63, 3.8) is 0 Å². The van der Waals surface area contributed by atoms with Crippen LogP contribution in [0.5, 0.6) is 11.5 Å². The number of anilines is 1. The molecule has 2 heterocycles. The summed E-state index contributed by atoms with van der Waals surface area (Å²) >= 11 is 6.22. The van der Waals surface area contributed by atoms with Gasteiger partial charge in [-0.25, -0.2) is 4.68 Å². The quantitative estimate of drug-likeness (QED) is 0.765. The van der Waals surface area contributed by atoms with Crippen molar-refractivity contribution >= 4 is 23.2 Å². The van der Waals surface area contributed by atoms with Crippen molar-refractivity contribution in [3.05, 3.63) is 58.9 Å². The standard InChI is InChI=1S/C18H15ClN4O3/c1-11-3-2-4-12(7-11)23-10-15(21-22-23)18(24)20-14-9-17-16(8-13(14)19)25-5-6-26-17/h2-4,7-10H,5-6H2,1H3,(H,20,24). The first kappa shape index (κ1) is 16.4. The van der Waals surface area contributed by atoms with Gasteiger partial charge in [-0.2, -0.15) is 0 Å². The van der Waals surface area contributed by atoms with Gasteiger partial charge in [0.1, 0.15) is 13.2 Å². The highest BCUT2D eigenvalue weighted by Crippen LogP contribution is 2.38. The minimum absolute atomic E-state index is 0.178. The molecular formula is C18H15ClN4O3. The predicted octanol–water partition coefficient (Wildman–Crippen LogP) is 3.25. The monoisotopic (exact) mass is 370 g/mol. The number of hydrogen-bond donors (Lipinski definition) is 1. The summed E-state index contributed by atoms with van der Waals surface area (Å²) in [5.41, 5.74) is 2.52. The van der Waals surface area contributed by atoms with Crippen LogP contribution in [0.1, 0.15) is 16.1 Å². The van der Waals surface area contributed by atoms with Crippen molar-refractivity contribution in [1.82, 2.24) is 15.0 Å². The second-order valence-electron chi connectivity index (χ2n) is 5.82. The maximum absolute atomic E-state index is 12.5. The Balaban J connectivity index is 1.56. The van der Waals surface area contributed by atoms with Crippen molar-refractivity contribution in [2.45, 2.75) is 6.92 Å². The minimum Gasteiger partial charge on any atom is -0.486 e. The highest BCUT2D eigenvalue weighted by molar-refractivity contribution is 6.34. The van der Waals surface area contributed by atoms with E-state index in [0.29, 0.717) is 35.4 Å². The molecule has 1 amide bonds. The largest absolute Gasteiger partial charge is 0.486 e. The van der Waals surface area contributed by atoms with Crippen molar-refractivity contribution < 1.29 is 14.3 Å². The summed E-state index contributed by atoms with van der Waals surface area (Å²) in [4.78, 5) is 12.5. The van der Waals surface area contributed by atoms with Crippen LogP contribution in [0.3, 0.4) is 0 Å². The lowest BCUT2D eigenvalue weighted by molar-refractivity contribution is 0.102. The Kier molecular flexibility index (Phi) is 4.22. The summed E-state index contributed by atoms with van der Waals surface area (Å²) in [7, 11) is 0. The van der Waals surface area contributed by atoms with E-state index in [9.17, 15) is 4.79 Å². The predicted molar refractivity (Wildman–Crippen MR) is 96.5 cm³/mol. The zero-order chi connectivity index (χ0) is 18.1. The van der Waals surface area contributed by atoms with E-state index in [1.807, 2.05) is 31.2 Å². The molecule has 0 fully saturated rings. The molecule has 132 valence electrons. The summed E-state index contributed by atoms with van der Waals surface area (Å²) in [5, 5.41) is 11.0. The second-order valence-corrected chi connectivity index (χ2v) is 6.22. The van der Waals surface area contributed by atoms with E-state index in [0.717, 1.165) is 11.3 Å². The summed E-state index contributed by atoms with van der Waals surface area (Å²) in [6.45, 7) is 2.90. The number of amides is 1. The number of carbonyl (C=O) groups excluding carboxylic acids is 1. The number of carbonyl (C=O) groups is 1. The van der Waals surface area contributed by atoms with E-state index in [2.05, 4.69) is 15.6 Å². The molecule has 0 atom stereocenters. The number of ether oxygens (including phenoxy) is 2. The summed E-state index contributed by atoms with van der Waals surface area (Å²) < 4.78 is 12.5. The minimum atomic E-state index is -0.414. The van der Waals surface area contributed by atoms with E-state index in [4.69, 9.17) is 21.1 Å². The number of hydrogen-bond acceptors (Lipinski definition) is 5. The first-order valence-electron chi connectivity index (χ1n) is 8.00. The van der Waals surface area contributed by atoms with Crippen LogP contribution in [0.4, 0.5) is 5.69 Å². The second kappa shape index (κ2) is 6.68. The van der Waals surface area contributed by atoms with Crippen LogP contribution in [0.25, 0.3) is 5.69 Å². The topological polar surface area (TPSA) is 78.3 Å². The molecule has 2 aromatic carbocycles. The Morgan fingerprint density at radius 2 is 1.96 bits per heavy atom. The van der Waals surface area contributed by atoms with Crippen LogP contribution in [0.2, 0.25) is 5.02 Å². The third-order valence-corrected chi connectivity index (χ3v) is 4.18. The molecule has 26 heavy (non-hydrogen) atoms. The molecule has 1 aliphatic rings. The van der Waals surface area contributed by atoms with Crippen LogP contribution in [-0.4, -0.2) is 34.1 Å². The molecule has 0 bridgehead atoms. The van der Waals surface area contributed by atoms with Crippen LogP contribution >= 0.6 is 11.6 Å². The van der Waals surface area contributed by atoms with Gasteiger partial charge in [0.05, 0.1) is 22.6 Å². The molecule has 1 aromatic heterocycles. The number of aryl methyl sites for hydroxylation is 1. The number of halogens is 1. The Morgan fingerprint density at radius 3 is 2.73 bits per heavy atom. The van der Waals surface area contributed by atoms with Gasteiger partial charge in [-0.3, -0.25) is 4.79 Å². The third-order valence-electron chi connectivity index (χ3n) is 3.87. The molecule has 4 rings (SSSR count). The lowest BCUT2D eigenvalue weighted by atomic mass is 10.2. The highest BCUT2D eigenvalue weighted by Gasteiger charge is 2.18. The normalized spacial score (nSPS) is 12.7. The van der Waals surface area contributed by atoms with Gasteiger partial charge in [-0.1, -0.05) is 28.9 Å². The van der Waals surface area contributed by atoms with Crippen molar-refractivity contribution in [2.75, 3.05) is 18.5 Å². The SMILES string of the molecule is Cc1cccc(-n2cc(C(=O)Nc3cc4c(cc3Cl)OCCO4)nn2)c1. The molecule has 0 aliphatic carbocycles. The number of aromatic nitrogens is 3. The molecule has 7 nitrogen and oxygen atoms in total. The fourth-order valence-electron chi connectivity index (χ4n) is 2.61. The van der Waals surface area contributed by atoms with Gasteiger partial charge in [-0.05, 0) is 24.6 Å². The lowest BCUT2D eigenvalue weighted by Gasteiger charge is -2.19. The Labute approximate surface area is 154 Å². The molecular weight excluding hydrogens is 356 g/mol. The zero-order valence-corrected chi connectivity index (χ0v) is 14.7. The summed E-state index contributed by atoms with van der Waals surface area (Å²) in [6, 6.07) is 11.0. The van der Waals surface area contributed by atoms with Crippen molar-refractivity contribution in [1.29, 1.82) is 0 Å². The molecule has 1 aliphatic heterocycles. The zero-order valence-electron chi connectivity index (χ0n) is 13.9. The molecule has 3 aromatic rings. The van der Waals surface area contributed by atoms with Crippen LogP contribution < -0.4 is 14.8 Å². The molecule has 0 saturated carbocycles. The molecule has 0 spiro atoms. The first-order chi connectivity index (χ1) is 12.6. The van der Waals surface area contributed by atoms with Gasteiger partial charge >= 0.3 is 0 Å². The van der Waals surface area contributed by atoms with Crippen LogP contribution in [0, 0.1) is 6.92 Å². The number of nitrogens with one attached hydrogen (secondary N) is 1. The Morgan fingerprint density at radius 1 is 1.19 bits per heavy atom. The fourth-order valence-corrected chi connectivity index (χ4v) is 2.81. The average molecular weight is 371 g/mol. The highest BCUT2D eigenvalue weighted by atomic mass is 35.5. The van der Waals surface area contributed by atoms with Gasteiger partial charge in [0.2, 0.25) is 0 Å². The van der Waals surface area contributed by atoms with Crippen molar-refractivity contribution in [3.8, 4) is 17.2 Å². The van der Waals surface area contributed by atoms with Gasteiger partial charge in [0.25, 0.3) is 5.91 Å². The average Bonchev–Trinajstić information content (AvgIpc) is 3.13. The summed E-state index contributed by atoms with van der Waals surface area (Å²) in [6.07, 6.45) is 1.57. The molecule has 0 unspecified atom stereocenters. The molecule has 1 N–H and O–H groups in total. The van der Waals surface area contributed by atoms with E-state index >= 15 is 0 Å². The van der Waals surface area contributed by atoms with Gasteiger partial charge < -0.3 is 14.8 Å². The molecule has 0 saturated heterocycles. The number of benzene rings is 2. The molecule has 8 heteroatoms. The fraction of sp³-hybridized carbons (Fsp3) is 0.167. The number of nitrogens with zero attached hydrogens (tertiary/aromatic N) is 3. The smallest absolute Gasteiger partial charge is 0.277 e. The van der Waals surface area contributed by atoms with E-state index in [1.54, 1.807) is 23.0 Å². The molecule has 0 radical (unpaired) electrons. The lowest BCUT2D eigenvalue weighted by Crippen LogP contribution is -2.17. The van der Waals surface area contributed by atoms with Gasteiger partial charge in [0.15, 0.2) is 17.2 Å².